The molecule has 102 valence electrons. The molecule has 0 fully saturated rings. The van der Waals surface area contributed by atoms with Crippen molar-refractivity contribution >= 4 is 11.6 Å². The molecular weight excluding hydrogens is 267 g/mol. The Labute approximate surface area is 109 Å². The molecule has 0 aromatic heterocycles. The van der Waals surface area contributed by atoms with E-state index in [1.54, 1.807) is 6.92 Å². The molecule has 1 unspecified atom stereocenters. The number of hydrogen-bond donors (Lipinski definition) is 1. The molecule has 1 aromatic rings. The molecule has 2 nitrogen and oxygen atoms in total. The summed E-state index contributed by atoms with van der Waals surface area (Å²) in [6.45, 7) is 2.02. The van der Waals surface area contributed by atoms with Gasteiger partial charge in [0.1, 0.15) is 5.75 Å². The third kappa shape index (κ3) is 3.29. The van der Waals surface area contributed by atoms with Gasteiger partial charge in [0.15, 0.2) is 0 Å². The zero-order valence-electron chi connectivity index (χ0n) is 10.1. The maximum Gasteiger partial charge on any atom is 0.416 e. The van der Waals surface area contributed by atoms with Crippen molar-refractivity contribution in [2.75, 3.05) is 13.7 Å². The van der Waals surface area contributed by atoms with Gasteiger partial charge in [-0.05, 0) is 36.6 Å². The minimum absolute atomic E-state index is 0.0210. The van der Waals surface area contributed by atoms with Crippen LogP contribution in [-0.4, -0.2) is 13.7 Å². The predicted molar refractivity (Wildman–Crippen MR) is 65.1 cm³/mol. The summed E-state index contributed by atoms with van der Waals surface area (Å²) in [6.07, 6.45) is -3.97. The molecule has 0 radical (unpaired) electrons. The van der Waals surface area contributed by atoms with Crippen molar-refractivity contribution in [2.45, 2.75) is 25.4 Å². The molecule has 1 atom stereocenters. The van der Waals surface area contributed by atoms with Crippen LogP contribution < -0.4 is 10.5 Å². The Balaban J connectivity index is 3.34. The molecular formula is C12H15ClF3NO. The van der Waals surface area contributed by atoms with Gasteiger partial charge in [0.05, 0.1) is 17.7 Å². The fraction of sp³-hybridized carbons (Fsp3) is 0.500. The highest BCUT2D eigenvalue weighted by atomic mass is 35.5. The molecule has 0 aliphatic rings. The van der Waals surface area contributed by atoms with Crippen LogP contribution in [0.2, 0.25) is 5.02 Å². The highest BCUT2D eigenvalue weighted by Gasteiger charge is 2.35. The van der Waals surface area contributed by atoms with E-state index < -0.39 is 11.7 Å². The van der Waals surface area contributed by atoms with E-state index in [4.69, 9.17) is 22.1 Å². The number of alkyl halides is 3. The van der Waals surface area contributed by atoms with Crippen molar-refractivity contribution in [3.63, 3.8) is 0 Å². The monoisotopic (exact) mass is 281 g/mol. The lowest BCUT2D eigenvalue weighted by Crippen LogP contribution is -2.13. The first-order valence-corrected chi connectivity index (χ1v) is 5.83. The van der Waals surface area contributed by atoms with Gasteiger partial charge >= 0.3 is 6.18 Å². The quantitative estimate of drug-likeness (QED) is 0.910. The third-order valence-electron chi connectivity index (χ3n) is 2.76. The maximum absolute atomic E-state index is 13.0. The number of nitrogens with two attached hydrogens (primary N) is 1. The van der Waals surface area contributed by atoms with Gasteiger partial charge < -0.3 is 10.5 Å². The zero-order valence-corrected chi connectivity index (χ0v) is 10.9. The van der Waals surface area contributed by atoms with Crippen molar-refractivity contribution in [1.82, 2.24) is 0 Å². The van der Waals surface area contributed by atoms with E-state index in [0.717, 1.165) is 6.07 Å². The fourth-order valence-corrected chi connectivity index (χ4v) is 2.03. The molecule has 0 amide bonds. The van der Waals surface area contributed by atoms with E-state index in [1.165, 1.54) is 13.2 Å². The van der Waals surface area contributed by atoms with Crippen LogP contribution in [0, 0.1) is 0 Å². The minimum Gasteiger partial charge on any atom is -0.495 e. The first kappa shape index (κ1) is 15.1. The van der Waals surface area contributed by atoms with E-state index in [2.05, 4.69) is 0 Å². The normalized spacial score (nSPS) is 13.5. The smallest absolute Gasteiger partial charge is 0.416 e. The first-order valence-electron chi connectivity index (χ1n) is 5.46. The maximum atomic E-state index is 13.0. The summed E-state index contributed by atoms with van der Waals surface area (Å²) in [5.41, 5.74) is 4.81. The third-order valence-corrected chi connectivity index (χ3v) is 3.06. The van der Waals surface area contributed by atoms with Crippen LogP contribution in [0.1, 0.15) is 30.4 Å². The van der Waals surface area contributed by atoms with Crippen molar-refractivity contribution in [2.24, 2.45) is 5.73 Å². The Hall–Kier alpha value is -0.940. The molecule has 1 aromatic carbocycles. The number of hydrogen-bond acceptors (Lipinski definition) is 2. The van der Waals surface area contributed by atoms with Crippen LogP contribution in [0.4, 0.5) is 13.2 Å². The van der Waals surface area contributed by atoms with E-state index >= 15 is 0 Å². The van der Waals surface area contributed by atoms with E-state index in [1.807, 2.05) is 0 Å². The Bertz CT molecular complexity index is 421. The molecule has 0 spiro atoms. The minimum atomic E-state index is -4.43. The van der Waals surface area contributed by atoms with Gasteiger partial charge in [-0.1, -0.05) is 18.5 Å². The van der Waals surface area contributed by atoms with Crippen molar-refractivity contribution in [3.8, 4) is 5.75 Å². The van der Waals surface area contributed by atoms with E-state index in [0.29, 0.717) is 13.0 Å². The molecule has 0 saturated heterocycles. The second-order valence-electron chi connectivity index (χ2n) is 4.05. The predicted octanol–water partition coefficient (Wildman–Crippen LogP) is 3.82. The average molecular weight is 282 g/mol. The number of halogens is 4. The van der Waals surface area contributed by atoms with Gasteiger partial charge in [0, 0.05) is 0 Å². The Morgan fingerprint density at radius 2 is 2.00 bits per heavy atom. The Kier molecular flexibility index (Phi) is 4.87. The van der Waals surface area contributed by atoms with Gasteiger partial charge in [-0.15, -0.1) is 0 Å². The van der Waals surface area contributed by atoms with Crippen LogP contribution >= 0.6 is 11.6 Å². The van der Waals surface area contributed by atoms with Crippen LogP contribution in [-0.2, 0) is 6.18 Å². The summed E-state index contributed by atoms with van der Waals surface area (Å²) >= 11 is 5.87. The number of rotatable bonds is 4. The molecule has 0 saturated carbocycles. The summed E-state index contributed by atoms with van der Waals surface area (Å²) in [6, 6.07) is 2.24. The molecule has 0 aliphatic heterocycles. The Morgan fingerprint density at radius 3 is 2.44 bits per heavy atom. The zero-order chi connectivity index (χ0) is 13.9. The molecule has 0 bridgehead atoms. The first-order chi connectivity index (χ1) is 8.31. The molecule has 18 heavy (non-hydrogen) atoms. The standard InChI is InChI=1S/C12H15ClF3NO/c1-7(3-4-17)8-5-10(13)11(18-2)6-9(8)12(14,15)16/h5-7H,3-4,17H2,1-2H3. The second kappa shape index (κ2) is 5.80. The van der Waals surface area contributed by atoms with Crippen LogP contribution in [0.3, 0.4) is 0 Å². The number of benzene rings is 1. The lowest BCUT2D eigenvalue weighted by Gasteiger charge is -2.19. The molecule has 0 heterocycles. The highest BCUT2D eigenvalue weighted by molar-refractivity contribution is 6.32. The molecule has 1 rings (SSSR count). The summed E-state index contributed by atoms with van der Waals surface area (Å²) in [7, 11) is 1.28. The Morgan fingerprint density at radius 1 is 1.39 bits per heavy atom. The summed E-state index contributed by atoms with van der Waals surface area (Å²) in [5, 5.41) is 0.171. The topological polar surface area (TPSA) is 35.2 Å². The summed E-state index contributed by atoms with van der Waals surface area (Å²) in [5.74, 6) is -0.289. The number of ether oxygens (including phenoxy) is 1. The van der Waals surface area contributed by atoms with Crippen molar-refractivity contribution in [3.05, 3.63) is 28.3 Å². The van der Waals surface area contributed by atoms with Gasteiger partial charge in [-0.3, -0.25) is 0 Å². The van der Waals surface area contributed by atoms with Crippen LogP contribution in [0.15, 0.2) is 12.1 Å². The summed E-state index contributed by atoms with van der Waals surface area (Å²) in [4.78, 5) is 0. The van der Waals surface area contributed by atoms with Crippen molar-refractivity contribution in [1.29, 1.82) is 0 Å². The second-order valence-corrected chi connectivity index (χ2v) is 4.46. The average Bonchev–Trinajstić information content (AvgIpc) is 2.27. The lowest BCUT2D eigenvalue weighted by atomic mass is 9.92. The molecule has 6 heteroatoms. The van der Waals surface area contributed by atoms with E-state index in [9.17, 15) is 13.2 Å². The number of methoxy groups -OCH3 is 1. The van der Waals surface area contributed by atoms with Gasteiger partial charge in [-0.2, -0.15) is 13.2 Å². The fourth-order valence-electron chi connectivity index (χ4n) is 1.78. The molecule has 2 N–H and O–H groups in total. The van der Waals surface area contributed by atoms with Gasteiger partial charge in [0.25, 0.3) is 0 Å². The van der Waals surface area contributed by atoms with Gasteiger partial charge in [0.2, 0.25) is 0 Å². The largest absolute Gasteiger partial charge is 0.495 e. The lowest BCUT2D eigenvalue weighted by molar-refractivity contribution is -0.138. The summed E-state index contributed by atoms with van der Waals surface area (Å²) < 4.78 is 43.7. The van der Waals surface area contributed by atoms with Crippen molar-refractivity contribution < 1.29 is 17.9 Å². The highest BCUT2D eigenvalue weighted by Crippen LogP contribution is 2.41. The SMILES string of the molecule is COc1cc(C(F)(F)F)c(C(C)CCN)cc1Cl. The molecule has 0 aliphatic carbocycles. The van der Waals surface area contributed by atoms with Crippen LogP contribution in [0.5, 0.6) is 5.75 Å². The van der Waals surface area contributed by atoms with E-state index in [-0.39, 0.29) is 22.3 Å². The van der Waals surface area contributed by atoms with Crippen LogP contribution in [0.25, 0.3) is 0 Å². The van der Waals surface area contributed by atoms with Gasteiger partial charge in [-0.25, -0.2) is 0 Å².